The van der Waals surface area contributed by atoms with Gasteiger partial charge in [-0.15, -0.1) is 0 Å². The summed E-state index contributed by atoms with van der Waals surface area (Å²) < 4.78 is 15.8. The predicted molar refractivity (Wildman–Crippen MR) is 117 cm³/mol. The highest BCUT2D eigenvalue weighted by Crippen LogP contribution is 2.31. The first kappa shape index (κ1) is 18.8. The van der Waals surface area contributed by atoms with Gasteiger partial charge in [0.25, 0.3) is 5.91 Å². The molecule has 0 saturated carbocycles. The molecule has 0 aromatic heterocycles. The highest BCUT2D eigenvalue weighted by atomic mass is 79.9. The zero-order valence-corrected chi connectivity index (χ0v) is 17.6. The number of rotatable bonds is 3. The molecular formula is C22H13Br2FN2O. The van der Waals surface area contributed by atoms with Gasteiger partial charge in [-0.25, -0.2) is 9.38 Å². The van der Waals surface area contributed by atoms with Gasteiger partial charge in [-0.05, 0) is 42.5 Å². The number of benzene rings is 3. The third kappa shape index (κ3) is 3.57. The summed E-state index contributed by atoms with van der Waals surface area (Å²) in [6.07, 6.45) is 1.48. The zero-order chi connectivity index (χ0) is 19.7. The first-order chi connectivity index (χ1) is 13.5. The van der Waals surface area contributed by atoms with Crippen LogP contribution < -0.4 is 4.90 Å². The molecule has 1 aliphatic rings. The van der Waals surface area contributed by atoms with Crippen molar-refractivity contribution < 1.29 is 9.18 Å². The molecule has 3 aromatic carbocycles. The van der Waals surface area contributed by atoms with Crippen LogP contribution in [0.5, 0.6) is 0 Å². The van der Waals surface area contributed by atoms with Crippen LogP contribution in [0.15, 0.2) is 92.4 Å². The lowest BCUT2D eigenvalue weighted by Crippen LogP contribution is -2.32. The second-order valence-electron chi connectivity index (χ2n) is 6.08. The summed E-state index contributed by atoms with van der Waals surface area (Å²) in [7, 11) is 0. The van der Waals surface area contributed by atoms with Crippen LogP contribution in [0, 0.1) is 5.82 Å². The summed E-state index contributed by atoms with van der Waals surface area (Å²) in [5.41, 5.74) is 1.95. The van der Waals surface area contributed by atoms with Crippen LogP contribution in [0.1, 0.15) is 11.1 Å². The Morgan fingerprint density at radius 1 is 0.893 bits per heavy atom. The monoisotopic (exact) mass is 498 g/mol. The number of carbonyl (C=O) groups is 1. The SMILES string of the molecule is O=C1/C(=C\c2ccccc2F)N=C(c2ccccc2Br)N1c1ccc(Br)cc1. The van der Waals surface area contributed by atoms with Crippen LogP contribution in [-0.4, -0.2) is 11.7 Å². The summed E-state index contributed by atoms with van der Waals surface area (Å²) in [5.74, 6) is -0.221. The van der Waals surface area contributed by atoms with Gasteiger partial charge in [0.2, 0.25) is 0 Å². The highest BCUT2D eigenvalue weighted by Gasteiger charge is 2.33. The Balaban J connectivity index is 1.87. The molecule has 138 valence electrons. The lowest BCUT2D eigenvalue weighted by atomic mass is 10.1. The minimum absolute atomic E-state index is 0.179. The lowest BCUT2D eigenvalue weighted by Gasteiger charge is -2.19. The zero-order valence-electron chi connectivity index (χ0n) is 14.4. The topological polar surface area (TPSA) is 32.7 Å². The second-order valence-corrected chi connectivity index (χ2v) is 7.85. The van der Waals surface area contributed by atoms with Gasteiger partial charge >= 0.3 is 0 Å². The van der Waals surface area contributed by atoms with E-state index in [1.807, 2.05) is 48.5 Å². The van der Waals surface area contributed by atoms with Crippen LogP contribution in [0.3, 0.4) is 0 Å². The highest BCUT2D eigenvalue weighted by molar-refractivity contribution is 9.10. The molecule has 0 N–H and O–H groups in total. The summed E-state index contributed by atoms with van der Waals surface area (Å²) in [6.45, 7) is 0. The van der Waals surface area contributed by atoms with Crippen molar-refractivity contribution in [2.45, 2.75) is 0 Å². The summed E-state index contributed by atoms with van der Waals surface area (Å²) in [5, 5.41) is 0. The molecule has 1 aliphatic heterocycles. The first-order valence-corrected chi connectivity index (χ1v) is 10.0. The second kappa shape index (κ2) is 7.81. The van der Waals surface area contributed by atoms with Crippen molar-refractivity contribution in [3.05, 3.63) is 104 Å². The van der Waals surface area contributed by atoms with Crippen molar-refractivity contribution in [1.29, 1.82) is 0 Å². The Kier molecular flexibility index (Phi) is 5.24. The molecule has 1 amide bonds. The van der Waals surface area contributed by atoms with Gasteiger partial charge < -0.3 is 0 Å². The van der Waals surface area contributed by atoms with Gasteiger partial charge in [0.1, 0.15) is 17.3 Å². The molecule has 0 aliphatic carbocycles. The molecule has 0 bridgehead atoms. The van der Waals surface area contributed by atoms with E-state index < -0.39 is 5.82 Å². The van der Waals surface area contributed by atoms with E-state index in [-0.39, 0.29) is 11.6 Å². The number of hydrogen-bond acceptors (Lipinski definition) is 2. The fourth-order valence-electron chi connectivity index (χ4n) is 2.91. The van der Waals surface area contributed by atoms with Crippen molar-refractivity contribution in [3.63, 3.8) is 0 Å². The van der Waals surface area contributed by atoms with Crippen molar-refractivity contribution in [1.82, 2.24) is 0 Å². The Labute approximate surface area is 178 Å². The quantitative estimate of drug-likeness (QED) is 0.396. The van der Waals surface area contributed by atoms with Crippen LogP contribution in [-0.2, 0) is 4.79 Å². The predicted octanol–water partition coefficient (Wildman–Crippen LogP) is 6.19. The van der Waals surface area contributed by atoms with E-state index in [0.717, 1.165) is 14.5 Å². The van der Waals surface area contributed by atoms with E-state index in [9.17, 15) is 9.18 Å². The minimum Gasteiger partial charge on any atom is -0.266 e. The van der Waals surface area contributed by atoms with Gasteiger partial charge in [0.05, 0.1) is 5.69 Å². The van der Waals surface area contributed by atoms with Crippen molar-refractivity contribution in [2.24, 2.45) is 4.99 Å². The third-order valence-electron chi connectivity index (χ3n) is 4.26. The lowest BCUT2D eigenvalue weighted by molar-refractivity contribution is -0.113. The summed E-state index contributed by atoms with van der Waals surface area (Å²) in [4.78, 5) is 19.3. The van der Waals surface area contributed by atoms with Crippen molar-refractivity contribution >= 4 is 55.4 Å². The number of halogens is 3. The number of nitrogens with zero attached hydrogens (tertiary/aromatic N) is 2. The average Bonchev–Trinajstić information content (AvgIpc) is 3.01. The largest absolute Gasteiger partial charge is 0.282 e. The molecule has 4 rings (SSSR count). The average molecular weight is 500 g/mol. The molecule has 6 heteroatoms. The molecule has 0 radical (unpaired) electrons. The number of amidine groups is 1. The number of amides is 1. The smallest absolute Gasteiger partial charge is 0.266 e. The van der Waals surface area contributed by atoms with Crippen LogP contribution in [0.2, 0.25) is 0 Å². The van der Waals surface area contributed by atoms with E-state index in [1.54, 1.807) is 23.1 Å². The fourth-order valence-corrected chi connectivity index (χ4v) is 3.64. The van der Waals surface area contributed by atoms with Crippen LogP contribution >= 0.6 is 31.9 Å². The Morgan fingerprint density at radius 3 is 2.29 bits per heavy atom. The Bertz CT molecular complexity index is 1120. The number of carbonyl (C=O) groups excluding carboxylic acids is 1. The molecular weight excluding hydrogens is 487 g/mol. The molecule has 0 unspecified atom stereocenters. The maximum atomic E-state index is 14.1. The maximum absolute atomic E-state index is 14.1. The molecule has 0 atom stereocenters. The van der Waals surface area contributed by atoms with E-state index in [1.165, 1.54) is 12.1 Å². The molecule has 0 fully saturated rings. The normalized spacial score (nSPS) is 15.2. The number of aliphatic imine (C=N–C) groups is 1. The van der Waals surface area contributed by atoms with Gasteiger partial charge in [0, 0.05) is 20.1 Å². The van der Waals surface area contributed by atoms with Gasteiger partial charge in [-0.3, -0.25) is 9.69 Å². The summed E-state index contributed by atoms with van der Waals surface area (Å²) >= 11 is 6.94. The van der Waals surface area contributed by atoms with E-state index >= 15 is 0 Å². The van der Waals surface area contributed by atoms with Crippen molar-refractivity contribution in [3.8, 4) is 0 Å². The Morgan fingerprint density at radius 2 is 1.57 bits per heavy atom. The number of hydrogen-bond donors (Lipinski definition) is 0. The van der Waals surface area contributed by atoms with Crippen LogP contribution in [0.25, 0.3) is 6.08 Å². The number of anilines is 1. The first-order valence-electron chi connectivity index (χ1n) is 8.44. The van der Waals surface area contributed by atoms with E-state index in [2.05, 4.69) is 36.9 Å². The fraction of sp³-hybridized carbons (Fsp3) is 0. The van der Waals surface area contributed by atoms with Gasteiger partial charge in [-0.1, -0.05) is 68.3 Å². The molecule has 0 spiro atoms. The molecule has 0 saturated heterocycles. The van der Waals surface area contributed by atoms with Crippen molar-refractivity contribution in [2.75, 3.05) is 4.90 Å². The van der Waals surface area contributed by atoms with E-state index in [0.29, 0.717) is 17.1 Å². The van der Waals surface area contributed by atoms with Crippen LogP contribution in [0.4, 0.5) is 10.1 Å². The minimum atomic E-state index is -0.400. The molecule has 3 aromatic rings. The third-order valence-corrected chi connectivity index (χ3v) is 5.48. The standard InChI is InChI=1S/C22H13Br2FN2O/c23-15-9-11-16(12-10-15)27-21(17-6-2-3-7-18(17)24)26-20(22(27)28)13-14-5-1-4-8-19(14)25/h1-13H/b20-13+. The Hall–Kier alpha value is -2.57. The van der Waals surface area contributed by atoms with E-state index in [4.69, 9.17) is 0 Å². The van der Waals surface area contributed by atoms with Gasteiger partial charge in [-0.2, -0.15) is 0 Å². The summed E-state index contributed by atoms with van der Waals surface area (Å²) in [6, 6.07) is 21.2. The van der Waals surface area contributed by atoms with Gasteiger partial charge in [0.15, 0.2) is 0 Å². The molecule has 28 heavy (non-hydrogen) atoms. The molecule has 1 heterocycles. The molecule has 3 nitrogen and oxygen atoms in total. The maximum Gasteiger partial charge on any atom is 0.282 e.